The molecule has 3 N–H and O–H groups in total. The van der Waals surface area contributed by atoms with Crippen molar-refractivity contribution in [3.63, 3.8) is 0 Å². The first-order valence-electron chi connectivity index (χ1n) is 16.2. The van der Waals surface area contributed by atoms with Crippen LogP contribution >= 0.6 is 31.0 Å². The fraction of sp³-hybridized carbons (Fsp3) is 0.559. The van der Waals surface area contributed by atoms with Crippen molar-refractivity contribution in [1.82, 2.24) is 10.6 Å². The van der Waals surface area contributed by atoms with Crippen molar-refractivity contribution >= 4 is 48.8 Å². The molecule has 12 nitrogen and oxygen atoms in total. The van der Waals surface area contributed by atoms with Crippen molar-refractivity contribution in [3.8, 4) is 11.5 Å². The molecule has 2 amide bonds. The normalized spacial score (nSPS) is 22.6. The average molecular weight is 780 g/mol. The third kappa shape index (κ3) is 11.0. The van der Waals surface area contributed by atoms with Crippen LogP contribution in [0.3, 0.4) is 0 Å². The van der Waals surface area contributed by atoms with E-state index in [9.17, 15) is 32.8 Å². The smallest absolute Gasteiger partial charge is 0.476 e. The van der Waals surface area contributed by atoms with Crippen LogP contribution in [-0.2, 0) is 32.5 Å². The largest absolute Gasteiger partial charge is 0.484 e. The lowest BCUT2D eigenvalue weighted by Crippen LogP contribution is -2.71. The van der Waals surface area contributed by atoms with Crippen LogP contribution in [0.2, 0.25) is 10.0 Å². The highest BCUT2D eigenvalue weighted by Crippen LogP contribution is 2.60. The van der Waals surface area contributed by atoms with Gasteiger partial charge in [0.15, 0.2) is 19.3 Å². The number of amides is 2. The Labute approximate surface area is 305 Å². The Morgan fingerprint density at radius 3 is 1.71 bits per heavy atom. The molecule has 0 aliphatic heterocycles. The van der Waals surface area contributed by atoms with Crippen molar-refractivity contribution in [2.24, 2.45) is 5.92 Å². The van der Waals surface area contributed by atoms with E-state index in [-0.39, 0.29) is 40.8 Å². The van der Waals surface area contributed by atoms with Crippen LogP contribution in [0.1, 0.15) is 73.6 Å². The van der Waals surface area contributed by atoms with Gasteiger partial charge in [0.1, 0.15) is 23.1 Å². The molecule has 3 fully saturated rings. The van der Waals surface area contributed by atoms with E-state index in [1.165, 1.54) is 24.3 Å². The van der Waals surface area contributed by atoms with Crippen LogP contribution < -0.4 is 20.1 Å². The van der Waals surface area contributed by atoms with Crippen molar-refractivity contribution in [2.75, 3.05) is 13.2 Å². The van der Waals surface area contributed by atoms with Gasteiger partial charge in [0.05, 0.1) is 21.2 Å². The number of phosphoric acid groups is 1. The Morgan fingerprint density at radius 2 is 1.29 bits per heavy atom. The summed E-state index contributed by atoms with van der Waals surface area (Å²) in [6, 6.07) is 7.44. The Hall–Kier alpha value is -3.00. The molecule has 3 aliphatic rings. The minimum Gasteiger partial charge on any atom is -0.484 e. The van der Waals surface area contributed by atoms with Crippen molar-refractivity contribution < 1.29 is 55.9 Å². The number of carbonyl (C=O) groups is 3. The number of aliphatic carboxylic acids is 1. The fourth-order valence-electron chi connectivity index (χ4n) is 6.40. The highest BCUT2D eigenvalue weighted by Gasteiger charge is 2.60. The summed E-state index contributed by atoms with van der Waals surface area (Å²) < 4.78 is 70.3. The first-order chi connectivity index (χ1) is 23.5. The molecule has 3 aliphatic carbocycles. The fourth-order valence-corrected chi connectivity index (χ4v) is 8.61. The SMILES string of the molecule is CC(C)(C)OP(=O)(OC(C(=O)O)C1CC2(NC(=O)COc3ccc(Cl)c(F)c3)CCC1(NC(=O)COc1ccc(Cl)c(F)c1)CC2)OC(C)(C)C. The molecule has 2 aromatic rings. The molecule has 2 atom stereocenters. The predicted molar refractivity (Wildman–Crippen MR) is 184 cm³/mol. The van der Waals surface area contributed by atoms with Crippen LogP contribution in [0.4, 0.5) is 8.78 Å². The molecule has 0 heterocycles. The third-order valence-electron chi connectivity index (χ3n) is 8.36. The molecule has 0 spiro atoms. The van der Waals surface area contributed by atoms with Gasteiger partial charge in [-0.1, -0.05) is 23.2 Å². The lowest BCUT2D eigenvalue weighted by molar-refractivity contribution is -0.160. The molecular formula is C34H43Cl2F2N2O10P. The maximum absolute atomic E-state index is 14.2. The van der Waals surface area contributed by atoms with Gasteiger partial charge in [-0.15, -0.1) is 0 Å². The second-order valence-electron chi connectivity index (χ2n) is 14.8. The molecule has 282 valence electrons. The van der Waals surface area contributed by atoms with Crippen LogP contribution in [0.15, 0.2) is 36.4 Å². The van der Waals surface area contributed by atoms with Gasteiger partial charge in [0.2, 0.25) is 0 Å². The van der Waals surface area contributed by atoms with E-state index >= 15 is 0 Å². The summed E-state index contributed by atoms with van der Waals surface area (Å²) in [6.07, 6.45) is -0.887. The average Bonchev–Trinajstić information content (AvgIpc) is 2.99. The quantitative estimate of drug-likeness (QED) is 0.167. The zero-order valence-electron chi connectivity index (χ0n) is 29.1. The molecule has 17 heteroatoms. The first-order valence-corrected chi connectivity index (χ1v) is 18.4. The molecule has 2 bridgehead atoms. The number of carboxylic acids is 1. The number of benzene rings is 2. The minimum absolute atomic E-state index is 0.0279. The second-order valence-corrected chi connectivity index (χ2v) is 17.1. The summed E-state index contributed by atoms with van der Waals surface area (Å²) in [6.45, 7) is 8.60. The van der Waals surface area contributed by atoms with E-state index in [1.807, 2.05) is 0 Å². The molecule has 2 aromatic carbocycles. The topological polar surface area (TPSA) is 159 Å². The van der Waals surface area contributed by atoms with Crippen LogP contribution in [-0.4, -0.2) is 64.5 Å². The lowest BCUT2D eigenvalue weighted by Gasteiger charge is -2.59. The van der Waals surface area contributed by atoms with Crippen molar-refractivity contribution in [1.29, 1.82) is 0 Å². The van der Waals surface area contributed by atoms with Gasteiger partial charge in [-0.25, -0.2) is 18.1 Å². The molecule has 0 radical (unpaired) electrons. The lowest BCUT2D eigenvalue weighted by atomic mass is 9.54. The van der Waals surface area contributed by atoms with E-state index in [0.717, 1.165) is 12.1 Å². The van der Waals surface area contributed by atoms with Crippen molar-refractivity contribution in [2.45, 2.75) is 102 Å². The maximum atomic E-state index is 14.2. The molecule has 5 rings (SSSR count). The zero-order valence-corrected chi connectivity index (χ0v) is 31.6. The van der Waals surface area contributed by atoms with Gasteiger partial charge in [0, 0.05) is 29.1 Å². The standard InChI is InChI=1S/C34H43Cl2F2N2O10P/c1-31(2,3)49-51(45,50-32(4,5)6)48-29(30(43)44)22-17-33(39-27(41)18-46-20-7-9-23(35)25(37)15-20)11-13-34(22,14-12-33)40-28(42)19-47-21-8-10-24(36)26(38)16-21/h7-10,15-16,22,29H,11-14,17-19H2,1-6H3,(H,39,41)(H,40,42)(H,43,44). The maximum Gasteiger partial charge on any atom is 0.476 e. The van der Waals surface area contributed by atoms with E-state index < -0.39 is 84.8 Å². The summed E-state index contributed by atoms with van der Waals surface area (Å²) >= 11 is 11.5. The number of carbonyl (C=O) groups excluding carboxylic acids is 2. The highest BCUT2D eigenvalue weighted by molar-refractivity contribution is 7.48. The number of nitrogens with one attached hydrogen (secondary N) is 2. The van der Waals surface area contributed by atoms with Gasteiger partial charge < -0.3 is 25.2 Å². The van der Waals surface area contributed by atoms with Crippen LogP contribution in [0.5, 0.6) is 11.5 Å². The molecule has 3 saturated carbocycles. The van der Waals surface area contributed by atoms with Crippen molar-refractivity contribution in [3.05, 3.63) is 58.1 Å². The number of rotatable bonds is 14. The third-order valence-corrected chi connectivity index (χ3v) is 11.0. The Kier molecular flexibility index (Phi) is 12.4. The number of fused-ring (bicyclic) bond motifs is 3. The Balaban J connectivity index is 1.61. The van der Waals surface area contributed by atoms with Gasteiger partial charge in [-0.05, 0) is 97.9 Å². The predicted octanol–water partition coefficient (Wildman–Crippen LogP) is 7.24. The molecule has 0 saturated heterocycles. The number of hydrogen-bond donors (Lipinski definition) is 3. The zero-order chi connectivity index (χ0) is 38.0. The number of hydrogen-bond acceptors (Lipinski definition) is 9. The summed E-state index contributed by atoms with van der Waals surface area (Å²) in [5, 5.41) is 16.2. The van der Waals surface area contributed by atoms with Gasteiger partial charge in [0.25, 0.3) is 11.8 Å². The molecule has 2 unspecified atom stereocenters. The molecular weight excluding hydrogens is 736 g/mol. The van der Waals surface area contributed by atoms with Crippen LogP contribution in [0.25, 0.3) is 0 Å². The van der Waals surface area contributed by atoms with E-state index in [1.54, 1.807) is 41.5 Å². The Bertz CT molecular complexity index is 1660. The molecule has 0 aromatic heterocycles. The molecule has 51 heavy (non-hydrogen) atoms. The van der Waals surface area contributed by atoms with E-state index in [0.29, 0.717) is 12.8 Å². The van der Waals surface area contributed by atoms with Gasteiger partial charge >= 0.3 is 13.8 Å². The first kappa shape index (κ1) is 40.8. The van der Waals surface area contributed by atoms with Crippen LogP contribution in [0, 0.1) is 17.6 Å². The summed E-state index contributed by atoms with van der Waals surface area (Å²) in [4.78, 5) is 39.6. The monoisotopic (exact) mass is 778 g/mol. The van der Waals surface area contributed by atoms with E-state index in [4.69, 9.17) is 46.2 Å². The summed E-state index contributed by atoms with van der Waals surface area (Å²) in [7, 11) is -4.60. The van der Waals surface area contributed by atoms with Gasteiger partial charge in [-0.3, -0.25) is 23.2 Å². The van der Waals surface area contributed by atoms with E-state index in [2.05, 4.69) is 10.6 Å². The number of halogens is 4. The number of carboxylic acid groups (broad SMARTS) is 1. The summed E-state index contributed by atoms with van der Waals surface area (Å²) in [5.74, 6) is -5.11. The minimum atomic E-state index is -4.60. The van der Waals surface area contributed by atoms with Gasteiger partial charge in [-0.2, -0.15) is 0 Å². The highest BCUT2D eigenvalue weighted by atomic mass is 35.5. The number of phosphoric ester groups is 1. The summed E-state index contributed by atoms with van der Waals surface area (Å²) in [5.41, 5.74) is -4.37. The number of ether oxygens (including phenoxy) is 2. The second kappa shape index (κ2) is 15.5. The Morgan fingerprint density at radius 1 is 0.843 bits per heavy atom.